The summed E-state index contributed by atoms with van der Waals surface area (Å²) in [7, 11) is -3.27. The number of non-ortho nitro benzene ring substituents is 1. The number of nitrogens with zero attached hydrogens (tertiary/aromatic N) is 2. The van der Waals surface area contributed by atoms with Gasteiger partial charge in [0.2, 0.25) is 15.9 Å². The Morgan fingerprint density at radius 3 is 2.44 bits per heavy atom. The van der Waals surface area contributed by atoms with E-state index in [1.807, 2.05) is 0 Å². The van der Waals surface area contributed by atoms with Crippen molar-refractivity contribution in [1.82, 2.24) is 15.2 Å². The van der Waals surface area contributed by atoms with Crippen molar-refractivity contribution in [2.24, 2.45) is 5.92 Å². The van der Waals surface area contributed by atoms with Crippen LogP contribution in [0.2, 0.25) is 0 Å². The predicted octanol–water partition coefficient (Wildman–Crippen LogP) is 0.0274. The van der Waals surface area contributed by atoms with Crippen LogP contribution in [0.5, 0.6) is 0 Å². The Bertz CT molecular complexity index is 786. The van der Waals surface area contributed by atoms with Crippen LogP contribution in [0.15, 0.2) is 24.3 Å². The van der Waals surface area contributed by atoms with Crippen LogP contribution in [-0.2, 0) is 14.8 Å². The summed E-state index contributed by atoms with van der Waals surface area (Å²) in [5, 5.41) is 10.7. The van der Waals surface area contributed by atoms with Crippen molar-refractivity contribution < 1.29 is 22.9 Å². The van der Waals surface area contributed by atoms with Crippen molar-refractivity contribution in [2.75, 3.05) is 19.3 Å². The molecule has 1 aromatic rings. The molecule has 1 aromatic carbocycles. The highest BCUT2D eigenvalue weighted by Gasteiger charge is 2.29. The van der Waals surface area contributed by atoms with Crippen LogP contribution in [0, 0.1) is 16.0 Å². The van der Waals surface area contributed by atoms with Gasteiger partial charge in [0.25, 0.3) is 11.6 Å². The standard InChI is InChI=1S/C14H18N4O6S/c1-25(23,24)17-7-5-10(6-8-17)13(19)15-16-14(20)11-3-2-4-12(9-11)18(21)22/h2-4,9-10H,5-8H2,1H3,(H,15,19)(H,16,20). The van der Waals surface area contributed by atoms with E-state index in [2.05, 4.69) is 10.9 Å². The van der Waals surface area contributed by atoms with Gasteiger partial charge in [0.1, 0.15) is 0 Å². The van der Waals surface area contributed by atoms with Gasteiger partial charge in [-0.15, -0.1) is 0 Å². The second-order valence-electron chi connectivity index (χ2n) is 5.69. The molecule has 1 aliphatic rings. The third-order valence-electron chi connectivity index (χ3n) is 3.91. The predicted molar refractivity (Wildman–Crippen MR) is 87.8 cm³/mol. The van der Waals surface area contributed by atoms with Crippen molar-refractivity contribution in [3.63, 3.8) is 0 Å². The van der Waals surface area contributed by atoms with E-state index in [0.29, 0.717) is 12.8 Å². The number of rotatable bonds is 4. The van der Waals surface area contributed by atoms with Crippen molar-refractivity contribution >= 4 is 27.5 Å². The molecule has 1 heterocycles. The van der Waals surface area contributed by atoms with Crippen LogP contribution in [0.25, 0.3) is 0 Å². The molecule has 2 amide bonds. The fourth-order valence-electron chi connectivity index (χ4n) is 2.50. The lowest BCUT2D eigenvalue weighted by atomic mass is 9.98. The normalized spacial score (nSPS) is 16.2. The lowest BCUT2D eigenvalue weighted by molar-refractivity contribution is -0.384. The van der Waals surface area contributed by atoms with Crippen LogP contribution in [0.4, 0.5) is 5.69 Å². The minimum atomic E-state index is -3.27. The van der Waals surface area contributed by atoms with E-state index in [1.54, 1.807) is 0 Å². The van der Waals surface area contributed by atoms with Gasteiger partial charge in [-0.25, -0.2) is 12.7 Å². The number of piperidine rings is 1. The summed E-state index contributed by atoms with van der Waals surface area (Å²) < 4.78 is 24.2. The van der Waals surface area contributed by atoms with Crippen molar-refractivity contribution in [2.45, 2.75) is 12.8 Å². The third kappa shape index (κ3) is 4.97. The van der Waals surface area contributed by atoms with Gasteiger partial charge in [0.15, 0.2) is 0 Å². The largest absolute Gasteiger partial charge is 0.273 e. The number of nitro groups is 1. The van der Waals surface area contributed by atoms with Crippen LogP contribution in [0.1, 0.15) is 23.2 Å². The zero-order valence-corrected chi connectivity index (χ0v) is 14.3. The molecule has 0 unspecified atom stereocenters. The highest BCUT2D eigenvalue weighted by Crippen LogP contribution is 2.19. The number of nitrogens with one attached hydrogen (secondary N) is 2. The number of amides is 2. The molecule has 0 atom stereocenters. The van der Waals surface area contributed by atoms with Crippen LogP contribution in [-0.4, -0.2) is 48.8 Å². The van der Waals surface area contributed by atoms with Gasteiger partial charge in [-0.05, 0) is 18.9 Å². The number of hydrazine groups is 1. The first kappa shape index (κ1) is 18.8. The first-order valence-corrected chi connectivity index (χ1v) is 9.33. The molecule has 136 valence electrons. The molecule has 10 nitrogen and oxygen atoms in total. The van der Waals surface area contributed by atoms with E-state index in [9.17, 15) is 28.1 Å². The van der Waals surface area contributed by atoms with E-state index < -0.39 is 32.7 Å². The first-order chi connectivity index (χ1) is 11.7. The number of nitro benzene ring substituents is 1. The molecule has 1 fully saturated rings. The van der Waals surface area contributed by atoms with Gasteiger partial charge in [0.05, 0.1) is 11.2 Å². The Hall–Kier alpha value is -2.53. The van der Waals surface area contributed by atoms with Crippen LogP contribution < -0.4 is 10.9 Å². The summed E-state index contributed by atoms with van der Waals surface area (Å²) >= 11 is 0. The summed E-state index contributed by atoms with van der Waals surface area (Å²) in [6.07, 6.45) is 1.82. The number of carbonyl (C=O) groups excluding carboxylic acids is 2. The average Bonchev–Trinajstić information content (AvgIpc) is 2.58. The third-order valence-corrected chi connectivity index (χ3v) is 5.22. The minimum absolute atomic E-state index is 0.0430. The highest BCUT2D eigenvalue weighted by molar-refractivity contribution is 7.88. The molecule has 0 spiro atoms. The number of carbonyl (C=O) groups is 2. The monoisotopic (exact) mass is 370 g/mol. The summed E-state index contributed by atoms with van der Waals surface area (Å²) in [6, 6.07) is 5.12. The van der Waals surface area contributed by atoms with Crippen molar-refractivity contribution in [3.05, 3.63) is 39.9 Å². The molecule has 0 saturated carbocycles. The molecule has 2 N–H and O–H groups in total. The molecule has 11 heteroatoms. The molecule has 1 saturated heterocycles. The van der Waals surface area contributed by atoms with Crippen molar-refractivity contribution in [1.29, 1.82) is 0 Å². The molecule has 1 aliphatic heterocycles. The van der Waals surface area contributed by atoms with Gasteiger partial charge >= 0.3 is 0 Å². The summed E-state index contributed by atoms with van der Waals surface area (Å²) in [6.45, 7) is 0.492. The van der Waals surface area contributed by atoms with E-state index in [4.69, 9.17) is 0 Å². The molecule has 2 rings (SSSR count). The number of hydrogen-bond acceptors (Lipinski definition) is 6. The Labute approximate surface area is 144 Å². The smallest absolute Gasteiger partial charge is 0.270 e. The maximum absolute atomic E-state index is 12.1. The van der Waals surface area contributed by atoms with E-state index in [-0.39, 0.29) is 24.3 Å². The van der Waals surface area contributed by atoms with Crippen molar-refractivity contribution in [3.8, 4) is 0 Å². The highest BCUT2D eigenvalue weighted by atomic mass is 32.2. The molecular formula is C14H18N4O6S. The van der Waals surface area contributed by atoms with Gasteiger partial charge in [-0.2, -0.15) is 0 Å². The number of benzene rings is 1. The Balaban J connectivity index is 1.87. The summed E-state index contributed by atoms with van der Waals surface area (Å²) in [4.78, 5) is 34.1. The minimum Gasteiger partial charge on any atom is -0.273 e. The Morgan fingerprint density at radius 1 is 1.24 bits per heavy atom. The molecule has 0 aromatic heterocycles. The zero-order chi connectivity index (χ0) is 18.6. The number of sulfonamides is 1. The van der Waals surface area contributed by atoms with Gasteiger partial charge in [0, 0.05) is 36.7 Å². The second-order valence-corrected chi connectivity index (χ2v) is 7.67. The van der Waals surface area contributed by atoms with E-state index in [1.165, 1.54) is 22.5 Å². The van der Waals surface area contributed by atoms with Gasteiger partial charge < -0.3 is 0 Å². The lowest BCUT2D eigenvalue weighted by Gasteiger charge is -2.29. The molecule has 25 heavy (non-hydrogen) atoms. The first-order valence-electron chi connectivity index (χ1n) is 7.48. The van der Waals surface area contributed by atoms with Gasteiger partial charge in [-0.1, -0.05) is 6.07 Å². The summed E-state index contributed by atoms with van der Waals surface area (Å²) in [5.74, 6) is -1.51. The topological polar surface area (TPSA) is 139 Å². The van der Waals surface area contributed by atoms with E-state index >= 15 is 0 Å². The van der Waals surface area contributed by atoms with Gasteiger partial charge in [-0.3, -0.25) is 30.6 Å². The Kier molecular flexibility index (Phi) is 5.69. The zero-order valence-electron chi connectivity index (χ0n) is 13.5. The fourth-order valence-corrected chi connectivity index (χ4v) is 3.38. The molecular weight excluding hydrogens is 352 g/mol. The molecule has 0 radical (unpaired) electrons. The quantitative estimate of drug-likeness (QED) is 0.566. The second kappa shape index (κ2) is 7.57. The van der Waals surface area contributed by atoms with Crippen LogP contribution in [0.3, 0.4) is 0 Å². The number of hydrogen-bond donors (Lipinski definition) is 2. The maximum atomic E-state index is 12.1. The maximum Gasteiger partial charge on any atom is 0.270 e. The fraction of sp³-hybridized carbons (Fsp3) is 0.429. The summed E-state index contributed by atoms with van der Waals surface area (Å²) in [5.41, 5.74) is 4.30. The Morgan fingerprint density at radius 2 is 1.88 bits per heavy atom. The van der Waals surface area contributed by atoms with Crippen LogP contribution >= 0.6 is 0 Å². The van der Waals surface area contributed by atoms with E-state index in [0.717, 1.165) is 12.3 Å². The molecule has 0 bridgehead atoms. The average molecular weight is 370 g/mol. The molecule has 0 aliphatic carbocycles. The lowest BCUT2D eigenvalue weighted by Crippen LogP contribution is -2.48. The SMILES string of the molecule is CS(=O)(=O)N1CCC(C(=O)NNC(=O)c2cccc([N+](=O)[O-])c2)CC1.